The average molecular weight is 378 g/mol. The van der Waals surface area contributed by atoms with Crippen molar-refractivity contribution in [3.8, 4) is 22.8 Å². The standard InChI is InChI=1S/C20H20N4O2.C2H6/c1-11(2)15-10-16(18(25)8-12(15)3)19-22-23-20(26)24(19)14-4-5-17-13(9-14)6-7-21-17;1-2/h4-11,21,25H,1-3H3,(H,23,26);1-2H3. The third-order valence-electron chi connectivity index (χ3n) is 4.71. The number of rotatable bonds is 3. The second-order valence-electron chi connectivity index (χ2n) is 6.82. The summed E-state index contributed by atoms with van der Waals surface area (Å²) in [6.07, 6.45) is 1.86. The third kappa shape index (κ3) is 3.33. The number of aromatic amines is 2. The van der Waals surface area contributed by atoms with Crippen LogP contribution in [0, 0.1) is 6.92 Å². The molecule has 2 heterocycles. The summed E-state index contributed by atoms with van der Waals surface area (Å²) in [7, 11) is 0. The molecule has 4 rings (SSSR count). The number of aromatic nitrogens is 4. The molecule has 0 aliphatic rings. The predicted octanol–water partition coefficient (Wildman–Crippen LogP) is 4.87. The van der Waals surface area contributed by atoms with Gasteiger partial charge in [0.1, 0.15) is 5.75 Å². The van der Waals surface area contributed by atoms with Gasteiger partial charge >= 0.3 is 5.69 Å². The maximum Gasteiger partial charge on any atom is 0.348 e. The molecule has 0 amide bonds. The fourth-order valence-corrected chi connectivity index (χ4v) is 3.41. The highest BCUT2D eigenvalue weighted by Gasteiger charge is 2.18. The molecule has 0 bridgehead atoms. The molecular weight excluding hydrogens is 352 g/mol. The number of H-pyrrole nitrogens is 2. The topological polar surface area (TPSA) is 86.7 Å². The summed E-state index contributed by atoms with van der Waals surface area (Å²) in [5.74, 6) is 0.795. The molecule has 6 heteroatoms. The maximum atomic E-state index is 12.4. The van der Waals surface area contributed by atoms with Gasteiger partial charge in [0.05, 0.1) is 11.3 Å². The third-order valence-corrected chi connectivity index (χ3v) is 4.71. The minimum absolute atomic E-state index is 0.106. The molecule has 0 saturated heterocycles. The lowest BCUT2D eigenvalue weighted by Gasteiger charge is -2.14. The number of nitrogens with one attached hydrogen (secondary N) is 2. The first kappa shape index (κ1) is 19.5. The van der Waals surface area contributed by atoms with Crippen molar-refractivity contribution in [2.24, 2.45) is 0 Å². The Morgan fingerprint density at radius 1 is 1.11 bits per heavy atom. The number of nitrogens with zero attached hydrogens (tertiary/aromatic N) is 2. The summed E-state index contributed by atoms with van der Waals surface area (Å²) >= 11 is 0. The van der Waals surface area contributed by atoms with Crippen LogP contribution in [0.2, 0.25) is 0 Å². The number of benzene rings is 2. The van der Waals surface area contributed by atoms with E-state index in [0.29, 0.717) is 23.0 Å². The first-order valence-electron chi connectivity index (χ1n) is 9.54. The molecule has 0 aliphatic carbocycles. The molecule has 0 unspecified atom stereocenters. The van der Waals surface area contributed by atoms with E-state index in [4.69, 9.17) is 0 Å². The summed E-state index contributed by atoms with van der Waals surface area (Å²) in [4.78, 5) is 15.6. The number of aryl methyl sites for hydroxylation is 1. The van der Waals surface area contributed by atoms with Crippen LogP contribution in [0.5, 0.6) is 5.75 Å². The number of phenols is 1. The molecule has 146 valence electrons. The lowest BCUT2D eigenvalue weighted by Crippen LogP contribution is -2.15. The molecule has 6 nitrogen and oxygen atoms in total. The van der Waals surface area contributed by atoms with E-state index in [2.05, 4.69) is 29.0 Å². The number of phenolic OH excluding ortho intramolecular Hbond substituents is 1. The molecule has 4 aromatic rings. The molecule has 0 spiro atoms. The Morgan fingerprint density at radius 2 is 1.86 bits per heavy atom. The monoisotopic (exact) mass is 378 g/mol. The molecule has 0 saturated carbocycles. The highest BCUT2D eigenvalue weighted by Crippen LogP contribution is 2.34. The van der Waals surface area contributed by atoms with E-state index in [1.165, 1.54) is 4.57 Å². The van der Waals surface area contributed by atoms with Gasteiger partial charge in [-0.25, -0.2) is 14.5 Å². The van der Waals surface area contributed by atoms with Gasteiger partial charge in [-0.15, -0.1) is 0 Å². The summed E-state index contributed by atoms with van der Waals surface area (Å²) in [6.45, 7) is 10.2. The van der Waals surface area contributed by atoms with Crippen molar-refractivity contribution in [2.45, 2.75) is 40.5 Å². The normalized spacial score (nSPS) is 10.9. The van der Waals surface area contributed by atoms with E-state index in [1.54, 1.807) is 6.07 Å². The van der Waals surface area contributed by atoms with Crippen LogP contribution in [0.4, 0.5) is 0 Å². The predicted molar refractivity (Wildman–Crippen MR) is 113 cm³/mol. The van der Waals surface area contributed by atoms with Gasteiger partial charge in [-0.3, -0.25) is 0 Å². The fourth-order valence-electron chi connectivity index (χ4n) is 3.41. The van der Waals surface area contributed by atoms with Gasteiger partial charge in [-0.1, -0.05) is 27.7 Å². The quantitative estimate of drug-likeness (QED) is 0.475. The van der Waals surface area contributed by atoms with Gasteiger partial charge in [0.2, 0.25) is 0 Å². The van der Waals surface area contributed by atoms with Crippen LogP contribution in [0.15, 0.2) is 47.4 Å². The van der Waals surface area contributed by atoms with E-state index in [-0.39, 0.29) is 11.4 Å². The number of hydrogen-bond acceptors (Lipinski definition) is 3. The first-order chi connectivity index (χ1) is 13.5. The largest absolute Gasteiger partial charge is 0.507 e. The van der Waals surface area contributed by atoms with Crippen molar-refractivity contribution in [1.29, 1.82) is 0 Å². The average Bonchev–Trinajstić information content (AvgIpc) is 3.29. The Kier molecular flexibility index (Phi) is 5.40. The Hall–Kier alpha value is -3.28. The van der Waals surface area contributed by atoms with Crippen LogP contribution in [0.1, 0.15) is 44.7 Å². The summed E-state index contributed by atoms with van der Waals surface area (Å²) in [5.41, 5.74) is 4.00. The molecule has 0 radical (unpaired) electrons. The van der Waals surface area contributed by atoms with Crippen LogP contribution in [0.3, 0.4) is 0 Å². The number of hydrogen-bond donors (Lipinski definition) is 3. The SMILES string of the molecule is CC.Cc1cc(O)c(-c2n[nH]c(=O)n2-c2ccc3[nH]ccc3c2)cc1C(C)C. The van der Waals surface area contributed by atoms with Gasteiger partial charge in [0.25, 0.3) is 0 Å². The number of aromatic hydroxyl groups is 1. The van der Waals surface area contributed by atoms with Crippen molar-refractivity contribution in [3.05, 3.63) is 64.2 Å². The molecule has 0 fully saturated rings. The van der Waals surface area contributed by atoms with E-state index in [1.807, 2.05) is 57.3 Å². The van der Waals surface area contributed by atoms with Crippen LogP contribution in [0.25, 0.3) is 28.0 Å². The zero-order valence-electron chi connectivity index (χ0n) is 16.9. The highest BCUT2D eigenvalue weighted by atomic mass is 16.3. The van der Waals surface area contributed by atoms with E-state index < -0.39 is 0 Å². The van der Waals surface area contributed by atoms with Crippen LogP contribution < -0.4 is 5.69 Å². The Balaban J connectivity index is 0.00000109. The molecule has 3 N–H and O–H groups in total. The van der Waals surface area contributed by atoms with Gasteiger partial charge in [0, 0.05) is 17.1 Å². The molecular formula is C22H26N4O2. The zero-order valence-corrected chi connectivity index (χ0v) is 16.9. The lowest BCUT2D eigenvalue weighted by molar-refractivity contribution is 0.476. The smallest absolute Gasteiger partial charge is 0.348 e. The van der Waals surface area contributed by atoms with Crippen molar-refractivity contribution in [2.75, 3.05) is 0 Å². The lowest BCUT2D eigenvalue weighted by atomic mass is 9.95. The highest BCUT2D eigenvalue weighted by molar-refractivity contribution is 5.82. The van der Waals surface area contributed by atoms with Crippen molar-refractivity contribution < 1.29 is 5.11 Å². The Bertz CT molecular complexity index is 1160. The van der Waals surface area contributed by atoms with E-state index in [9.17, 15) is 9.90 Å². The summed E-state index contributed by atoms with van der Waals surface area (Å²) in [5, 5.41) is 18.2. The van der Waals surface area contributed by atoms with Gasteiger partial charge in [-0.05, 0) is 60.4 Å². The number of fused-ring (bicyclic) bond motifs is 1. The molecule has 28 heavy (non-hydrogen) atoms. The first-order valence-corrected chi connectivity index (χ1v) is 9.54. The van der Waals surface area contributed by atoms with Crippen molar-refractivity contribution >= 4 is 10.9 Å². The van der Waals surface area contributed by atoms with Crippen molar-refractivity contribution in [1.82, 2.24) is 19.7 Å². The summed E-state index contributed by atoms with van der Waals surface area (Å²) < 4.78 is 1.49. The molecule has 0 aliphatic heterocycles. The van der Waals surface area contributed by atoms with Crippen LogP contribution >= 0.6 is 0 Å². The van der Waals surface area contributed by atoms with Crippen molar-refractivity contribution in [3.63, 3.8) is 0 Å². The second kappa shape index (κ2) is 7.76. The zero-order chi connectivity index (χ0) is 20.4. The molecule has 0 atom stereocenters. The maximum absolute atomic E-state index is 12.4. The second-order valence-corrected chi connectivity index (χ2v) is 6.82. The van der Waals surface area contributed by atoms with Crippen LogP contribution in [-0.2, 0) is 0 Å². The summed E-state index contributed by atoms with van der Waals surface area (Å²) in [6, 6.07) is 11.3. The van der Waals surface area contributed by atoms with Gasteiger partial charge < -0.3 is 10.1 Å². The Morgan fingerprint density at radius 3 is 2.57 bits per heavy atom. The fraction of sp³-hybridized carbons (Fsp3) is 0.273. The molecule has 2 aromatic carbocycles. The van der Waals surface area contributed by atoms with Gasteiger partial charge in [-0.2, -0.15) is 5.10 Å². The van der Waals surface area contributed by atoms with Crippen LogP contribution in [-0.4, -0.2) is 24.9 Å². The van der Waals surface area contributed by atoms with E-state index >= 15 is 0 Å². The van der Waals surface area contributed by atoms with Gasteiger partial charge in [0.15, 0.2) is 5.82 Å². The Labute approximate surface area is 163 Å². The minimum atomic E-state index is -0.346. The van der Waals surface area contributed by atoms with E-state index in [0.717, 1.165) is 22.0 Å². The molecule has 2 aromatic heterocycles. The minimum Gasteiger partial charge on any atom is -0.507 e.